The van der Waals surface area contributed by atoms with Crippen molar-refractivity contribution in [3.05, 3.63) is 34.6 Å². The van der Waals surface area contributed by atoms with Gasteiger partial charge in [0.25, 0.3) is 0 Å². The highest BCUT2D eigenvalue weighted by atomic mass is 35.5. The third-order valence-corrected chi connectivity index (χ3v) is 2.97. The molecular weight excluding hydrogens is 215 g/mol. The first kappa shape index (κ1) is 12.2. The predicted molar refractivity (Wildman–Crippen MR) is 59.8 cm³/mol. The van der Waals surface area contributed by atoms with Gasteiger partial charge in [-0.15, -0.1) is 0 Å². The van der Waals surface area contributed by atoms with Crippen molar-refractivity contribution in [3.63, 3.8) is 0 Å². The fourth-order valence-corrected chi connectivity index (χ4v) is 1.37. The van der Waals surface area contributed by atoms with Crippen molar-refractivity contribution >= 4 is 17.4 Å². The van der Waals surface area contributed by atoms with E-state index in [9.17, 15) is 9.18 Å². The largest absolute Gasteiger partial charge is 0.294 e. The van der Waals surface area contributed by atoms with E-state index in [4.69, 9.17) is 11.6 Å². The Morgan fingerprint density at radius 2 is 2.07 bits per heavy atom. The molecular formula is C12H14ClFO. The van der Waals surface area contributed by atoms with Crippen molar-refractivity contribution in [2.24, 2.45) is 5.41 Å². The van der Waals surface area contributed by atoms with Crippen LogP contribution >= 0.6 is 11.6 Å². The van der Waals surface area contributed by atoms with Crippen LogP contribution in [-0.2, 0) is 0 Å². The van der Waals surface area contributed by atoms with Crippen LogP contribution in [0.3, 0.4) is 0 Å². The molecule has 0 bridgehead atoms. The predicted octanol–water partition coefficient (Wildman–Crippen LogP) is 4.10. The number of ketones is 1. The number of carbonyl (C=O) groups excluding carboxylic acids is 1. The summed E-state index contributed by atoms with van der Waals surface area (Å²) in [6, 6.07) is 4.08. The van der Waals surface area contributed by atoms with Gasteiger partial charge in [-0.1, -0.05) is 32.4 Å². The first-order valence-corrected chi connectivity index (χ1v) is 5.26. The molecule has 0 N–H and O–H groups in total. The molecule has 1 aromatic carbocycles. The molecule has 0 heterocycles. The molecule has 0 unspecified atom stereocenters. The first-order valence-electron chi connectivity index (χ1n) is 4.88. The quantitative estimate of drug-likeness (QED) is 0.712. The third-order valence-electron chi connectivity index (χ3n) is 2.68. The van der Waals surface area contributed by atoms with Gasteiger partial charge in [0.2, 0.25) is 0 Å². The average Bonchev–Trinajstić information content (AvgIpc) is 2.21. The van der Waals surface area contributed by atoms with Crippen molar-refractivity contribution < 1.29 is 9.18 Å². The lowest BCUT2D eigenvalue weighted by Gasteiger charge is -2.20. The lowest BCUT2D eigenvalue weighted by Crippen LogP contribution is -2.23. The van der Waals surface area contributed by atoms with Crippen molar-refractivity contribution in [1.29, 1.82) is 0 Å². The Kier molecular flexibility index (Phi) is 3.50. The van der Waals surface area contributed by atoms with Crippen molar-refractivity contribution in [3.8, 4) is 0 Å². The second-order valence-corrected chi connectivity index (χ2v) is 4.60. The number of Topliss-reactive ketones (excluding diaryl/α,β-unsaturated/α-hetero) is 1. The van der Waals surface area contributed by atoms with Gasteiger partial charge in [-0.2, -0.15) is 0 Å². The van der Waals surface area contributed by atoms with Gasteiger partial charge in [-0.3, -0.25) is 4.79 Å². The van der Waals surface area contributed by atoms with Crippen LogP contribution in [0.4, 0.5) is 4.39 Å². The van der Waals surface area contributed by atoms with Crippen molar-refractivity contribution in [1.82, 2.24) is 0 Å². The number of hydrogen-bond acceptors (Lipinski definition) is 1. The van der Waals surface area contributed by atoms with Crippen LogP contribution < -0.4 is 0 Å². The molecule has 82 valence electrons. The molecule has 0 amide bonds. The molecule has 0 atom stereocenters. The summed E-state index contributed by atoms with van der Waals surface area (Å²) in [5.41, 5.74) is 0.0366. The molecule has 15 heavy (non-hydrogen) atoms. The minimum absolute atomic E-state index is 0.00671. The van der Waals surface area contributed by atoms with Gasteiger partial charge >= 0.3 is 0 Å². The van der Waals surface area contributed by atoms with Gasteiger partial charge in [0.15, 0.2) is 5.78 Å². The van der Waals surface area contributed by atoms with Crippen LogP contribution in [0.2, 0.25) is 5.02 Å². The molecule has 0 aliphatic carbocycles. The molecule has 0 aliphatic heterocycles. The van der Waals surface area contributed by atoms with Crippen LogP contribution in [-0.4, -0.2) is 5.78 Å². The molecule has 0 radical (unpaired) electrons. The van der Waals surface area contributed by atoms with Crippen LogP contribution in [0.15, 0.2) is 18.2 Å². The number of hydrogen-bond donors (Lipinski definition) is 0. The lowest BCUT2D eigenvalue weighted by molar-refractivity contribution is 0.0833. The molecule has 1 nitrogen and oxygen atoms in total. The molecule has 0 saturated heterocycles. The molecule has 0 spiro atoms. The maximum Gasteiger partial charge on any atom is 0.168 e. The number of rotatable bonds is 3. The fraction of sp³-hybridized carbons (Fsp3) is 0.417. The molecule has 0 saturated carbocycles. The van der Waals surface area contributed by atoms with E-state index in [-0.39, 0.29) is 10.8 Å². The van der Waals surface area contributed by atoms with Crippen LogP contribution in [0.5, 0.6) is 0 Å². The Balaban J connectivity index is 3.08. The van der Waals surface area contributed by atoms with Gasteiger partial charge < -0.3 is 0 Å². The summed E-state index contributed by atoms with van der Waals surface area (Å²) in [7, 11) is 0. The smallest absolute Gasteiger partial charge is 0.168 e. The molecule has 3 heteroatoms. The van der Waals surface area contributed by atoms with Crippen LogP contribution in [0, 0.1) is 11.2 Å². The fourth-order valence-electron chi connectivity index (χ4n) is 1.19. The molecule has 0 aromatic heterocycles. The van der Waals surface area contributed by atoms with E-state index < -0.39 is 11.2 Å². The Morgan fingerprint density at radius 1 is 1.47 bits per heavy atom. The Bertz CT molecular complexity index is 385. The summed E-state index contributed by atoms with van der Waals surface area (Å²) in [6.45, 7) is 5.68. The maximum atomic E-state index is 12.9. The Labute approximate surface area is 94.3 Å². The molecule has 1 aromatic rings. The zero-order valence-corrected chi connectivity index (χ0v) is 9.86. The van der Waals surface area contributed by atoms with E-state index in [1.54, 1.807) is 0 Å². The van der Waals surface area contributed by atoms with Crippen molar-refractivity contribution in [2.75, 3.05) is 0 Å². The number of halogens is 2. The van der Waals surface area contributed by atoms with Crippen LogP contribution in [0.25, 0.3) is 0 Å². The minimum atomic E-state index is -0.498. The van der Waals surface area contributed by atoms with Gasteiger partial charge in [0.1, 0.15) is 5.82 Å². The molecule has 1 rings (SSSR count). The topological polar surface area (TPSA) is 17.1 Å². The van der Waals surface area contributed by atoms with E-state index >= 15 is 0 Å². The van der Waals surface area contributed by atoms with Crippen molar-refractivity contribution in [2.45, 2.75) is 27.2 Å². The average molecular weight is 229 g/mol. The van der Waals surface area contributed by atoms with E-state index in [1.807, 2.05) is 20.8 Å². The van der Waals surface area contributed by atoms with Crippen LogP contribution in [0.1, 0.15) is 37.6 Å². The highest BCUT2D eigenvalue weighted by Crippen LogP contribution is 2.27. The van der Waals surface area contributed by atoms with E-state index in [0.717, 1.165) is 6.42 Å². The van der Waals surface area contributed by atoms with Gasteiger partial charge in [-0.05, 0) is 24.6 Å². The lowest BCUT2D eigenvalue weighted by atomic mass is 9.82. The maximum absolute atomic E-state index is 12.9. The summed E-state index contributed by atoms with van der Waals surface area (Å²) >= 11 is 5.62. The zero-order valence-electron chi connectivity index (χ0n) is 9.10. The minimum Gasteiger partial charge on any atom is -0.294 e. The molecule has 0 fully saturated rings. The summed E-state index contributed by atoms with van der Waals surface area (Å²) in [4.78, 5) is 12.0. The molecule has 0 aliphatic rings. The third kappa shape index (κ3) is 2.57. The van der Waals surface area contributed by atoms with Gasteiger partial charge in [-0.25, -0.2) is 4.39 Å². The summed E-state index contributed by atoms with van der Waals surface area (Å²) in [5, 5.41) is -0.00671. The normalized spacial score (nSPS) is 11.5. The summed E-state index contributed by atoms with van der Waals surface area (Å²) in [6.07, 6.45) is 0.737. The van der Waals surface area contributed by atoms with Gasteiger partial charge in [0, 0.05) is 11.0 Å². The summed E-state index contributed by atoms with van der Waals surface area (Å²) in [5.74, 6) is -0.505. The highest BCUT2D eigenvalue weighted by Gasteiger charge is 2.26. The number of carbonyl (C=O) groups is 1. The highest BCUT2D eigenvalue weighted by molar-refractivity contribution is 6.31. The number of benzene rings is 1. The zero-order chi connectivity index (χ0) is 11.6. The van der Waals surface area contributed by atoms with E-state index in [2.05, 4.69) is 0 Å². The van der Waals surface area contributed by atoms with E-state index in [0.29, 0.717) is 5.56 Å². The Hall–Kier alpha value is -0.890. The Morgan fingerprint density at radius 3 is 2.53 bits per heavy atom. The second-order valence-electron chi connectivity index (χ2n) is 4.20. The monoisotopic (exact) mass is 228 g/mol. The second kappa shape index (κ2) is 4.31. The van der Waals surface area contributed by atoms with Gasteiger partial charge in [0.05, 0.1) is 5.02 Å². The first-order chi connectivity index (χ1) is 6.88. The van der Waals surface area contributed by atoms with E-state index in [1.165, 1.54) is 18.2 Å². The SMILES string of the molecule is CCC(C)(C)C(=O)c1ccc(F)c(Cl)c1. The summed E-state index contributed by atoms with van der Waals surface area (Å²) < 4.78 is 12.9. The standard InChI is InChI=1S/C12H14ClFO/c1-4-12(2,3)11(15)8-5-6-10(14)9(13)7-8/h5-7H,4H2,1-3H3.